The summed E-state index contributed by atoms with van der Waals surface area (Å²) in [5.74, 6) is 1.59. The van der Waals surface area contributed by atoms with Crippen LogP contribution in [0.25, 0.3) is 0 Å². The number of amides is 1. The van der Waals surface area contributed by atoms with E-state index in [0.717, 1.165) is 18.9 Å². The van der Waals surface area contributed by atoms with Crippen molar-refractivity contribution in [3.05, 3.63) is 17.3 Å². The van der Waals surface area contributed by atoms with Gasteiger partial charge in [0.2, 0.25) is 5.91 Å². The molecule has 20 heavy (non-hydrogen) atoms. The number of piperazine rings is 1. The maximum Gasteiger partial charge on any atom is 0.225 e. The molecule has 6 heteroatoms. The van der Waals surface area contributed by atoms with Crippen LogP contribution < -0.4 is 9.64 Å². The number of carbonyl (C=O) groups is 1. The van der Waals surface area contributed by atoms with Crippen molar-refractivity contribution in [1.29, 1.82) is 0 Å². The topological polar surface area (TPSA) is 45.7 Å². The largest absolute Gasteiger partial charge is 0.491 e. The van der Waals surface area contributed by atoms with E-state index in [4.69, 9.17) is 16.3 Å². The van der Waals surface area contributed by atoms with E-state index >= 15 is 0 Å². The summed E-state index contributed by atoms with van der Waals surface area (Å²) in [5.41, 5.74) is 0. The van der Waals surface area contributed by atoms with E-state index in [2.05, 4.69) is 9.88 Å². The van der Waals surface area contributed by atoms with Crippen molar-refractivity contribution < 1.29 is 9.53 Å². The molecule has 1 aromatic rings. The van der Waals surface area contributed by atoms with E-state index in [0.29, 0.717) is 23.9 Å². The molecular weight excluding hydrogens is 278 g/mol. The smallest absolute Gasteiger partial charge is 0.225 e. The third-order valence-corrected chi connectivity index (χ3v) is 3.72. The van der Waals surface area contributed by atoms with Gasteiger partial charge in [-0.25, -0.2) is 4.98 Å². The van der Waals surface area contributed by atoms with Crippen LogP contribution in [0.4, 0.5) is 5.82 Å². The lowest BCUT2D eigenvalue weighted by atomic mass is 10.1. The Morgan fingerprint density at radius 2 is 2.00 bits per heavy atom. The third-order valence-electron chi connectivity index (χ3n) is 3.43. The Labute approximate surface area is 124 Å². The molecule has 1 aliphatic rings. The summed E-state index contributed by atoms with van der Waals surface area (Å²) in [6.07, 6.45) is 1.67. The molecule has 0 unspecified atom stereocenters. The fourth-order valence-electron chi connectivity index (χ4n) is 2.33. The summed E-state index contributed by atoms with van der Waals surface area (Å²) in [6, 6.07) is 1.71. The summed E-state index contributed by atoms with van der Waals surface area (Å²) in [5, 5.41) is 0.554. The Morgan fingerprint density at radius 3 is 2.55 bits per heavy atom. The van der Waals surface area contributed by atoms with E-state index in [1.165, 1.54) is 0 Å². The van der Waals surface area contributed by atoms with Crippen LogP contribution in [0.2, 0.25) is 5.02 Å². The Kier molecular flexibility index (Phi) is 4.70. The first-order valence-corrected chi connectivity index (χ1v) is 7.14. The molecule has 2 rings (SSSR count). The summed E-state index contributed by atoms with van der Waals surface area (Å²) < 4.78 is 5.33. The monoisotopic (exact) mass is 297 g/mol. The van der Waals surface area contributed by atoms with E-state index in [9.17, 15) is 4.79 Å². The Morgan fingerprint density at radius 1 is 1.35 bits per heavy atom. The normalized spacial score (nSPS) is 15.7. The molecule has 2 heterocycles. The first kappa shape index (κ1) is 14.9. The molecule has 0 aliphatic carbocycles. The zero-order valence-corrected chi connectivity index (χ0v) is 12.9. The number of pyridine rings is 1. The predicted octanol–water partition coefficient (Wildman–Crippen LogP) is 2.05. The standard InChI is InChI=1S/C14H20ClN3O2/c1-10(2)14(19)18-8-6-17(7-9-18)13-12(20-3)11(15)4-5-16-13/h4-5,10H,6-9H2,1-3H3. The maximum absolute atomic E-state index is 12.0. The second kappa shape index (κ2) is 6.31. The van der Waals surface area contributed by atoms with Gasteiger partial charge < -0.3 is 14.5 Å². The van der Waals surface area contributed by atoms with Gasteiger partial charge in [0, 0.05) is 38.3 Å². The van der Waals surface area contributed by atoms with Gasteiger partial charge in [0.1, 0.15) is 0 Å². The highest BCUT2D eigenvalue weighted by molar-refractivity contribution is 6.32. The van der Waals surface area contributed by atoms with E-state index in [1.54, 1.807) is 19.4 Å². The lowest BCUT2D eigenvalue weighted by Gasteiger charge is -2.36. The van der Waals surface area contributed by atoms with Crippen LogP contribution in [0.15, 0.2) is 12.3 Å². The lowest BCUT2D eigenvalue weighted by molar-refractivity contribution is -0.134. The molecule has 1 aliphatic heterocycles. The Balaban J connectivity index is 2.08. The van der Waals surface area contributed by atoms with Crippen LogP contribution in [0.5, 0.6) is 5.75 Å². The molecule has 1 amide bonds. The molecule has 0 bridgehead atoms. The molecule has 5 nitrogen and oxygen atoms in total. The minimum Gasteiger partial charge on any atom is -0.491 e. The minimum atomic E-state index is 0.0420. The average Bonchev–Trinajstić information content (AvgIpc) is 2.46. The lowest BCUT2D eigenvalue weighted by Crippen LogP contribution is -2.50. The number of hydrogen-bond acceptors (Lipinski definition) is 4. The zero-order chi connectivity index (χ0) is 14.7. The number of hydrogen-bond donors (Lipinski definition) is 0. The second-order valence-electron chi connectivity index (χ2n) is 5.12. The number of aromatic nitrogens is 1. The average molecular weight is 298 g/mol. The minimum absolute atomic E-state index is 0.0420. The van der Waals surface area contributed by atoms with Crippen LogP contribution in [-0.4, -0.2) is 49.1 Å². The maximum atomic E-state index is 12.0. The van der Waals surface area contributed by atoms with Crippen molar-refractivity contribution in [3.63, 3.8) is 0 Å². The summed E-state index contributed by atoms with van der Waals surface area (Å²) in [4.78, 5) is 20.3. The van der Waals surface area contributed by atoms with Gasteiger partial charge in [0.05, 0.1) is 12.1 Å². The van der Waals surface area contributed by atoms with Gasteiger partial charge in [-0.2, -0.15) is 0 Å². The molecule has 1 saturated heterocycles. The number of carbonyl (C=O) groups excluding carboxylic acids is 1. The van der Waals surface area contributed by atoms with Crippen molar-refractivity contribution in [3.8, 4) is 5.75 Å². The molecule has 0 radical (unpaired) electrons. The van der Waals surface area contributed by atoms with Gasteiger partial charge in [-0.15, -0.1) is 0 Å². The number of nitrogens with zero attached hydrogens (tertiary/aromatic N) is 3. The van der Waals surface area contributed by atoms with E-state index < -0.39 is 0 Å². The first-order chi connectivity index (χ1) is 9.54. The number of halogens is 1. The van der Waals surface area contributed by atoms with Crippen LogP contribution >= 0.6 is 11.6 Å². The summed E-state index contributed by atoms with van der Waals surface area (Å²) >= 11 is 6.11. The van der Waals surface area contributed by atoms with Crippen LogP contribution in [-0.2, 0) is 4.79 Å². The van der Waals surface area contributed by atoms with Crippen LogP contribution in [0.1, 0.15) is 13.8 Å². The van der Waals surface area contributed by atoms with E-state index in [1.807, 2.05) is 18.7 Å². The molecule has 0 atom stereocenters. The summed E-state index contributed by atoms with van der Waals surface area (Å²) in [7, 11) is 1.59. The Hall–Kier alpha value is -1.49. The highest BCUT2D eigenvalue weighted by Gasteiger charge is 2.25. The molecule has 0 aromatic carbocycles. The number of anilines is 1. The van der Waals surface area contributed by atoms with Gasteiger partial charge >= 0.3 is 0 Å². The molecule has 1 fully saturated rings. The fraction of sp³-hybridized carbons (Fsp3) is 0.571. The quantitative estimate of drug-likeness (QED) is 0.856. The molecule has 0 spiro atoms. The number of ether oxygens (including phenoxy) is 1. The van der Waals surface area contributed by atoms with Crippen molar-refractivity contribution >= 4 is 23.3 Å². The van der Waals surface area contributed by atoms with Gasteiger partial charge in [-0.05, 0) is 6.07 Å². The summed E-state index contributed by atoms with van der Waals surface area (Å²) in [6.45, 7) is 6.74. The highest BCUT2D eigenvalue weighted by atomic mass is 35.5. The molecule has 1 aromatic heterocycles. The third kappa shape index (κ3) is 2.98. The van der Waals surface area contributed by atoms with Crippen molar-refractivity contribution in [2.45, 2.75) is 13.8 Å². The number of methoxy groups -OCH3 is 1. The van der Waals surface area contributed by atoms with Crippen LogP contribution in [0.3, 0.4) is 0 Å². The molecule has 110 valence electrons. The van der Waals surface area contributed by atoms with Gasteiger partial charge in [-0.3, -0.25) is 4.79 Å². The van der Waals surface area contributed by atoms with Gasteiger partial charge in [0.25, 0.3) is 0 Å². The highest BCUT2D eigenvalue weighted by Crippen LogP contribution is 2.33. The van der Waals surface area contributed by atoms with Gasteiger partial charge in [-0.1, -0.05) is 25.4 Å². The number of rotatable bonds is 3. The second-order valence-corrected chi connectivity index (χ2v) is 5.52. The predicted molar refractivity (Wildman–Crippen MR) is 79.4 cm³/mol. The molecule has 0 saturated carbocycles. The van der Waals surface area contributed by atoms with Gasteiger partial charge in [0.15, 0.2) is 11.6 Å². The molecular formula is C14H20ClN3O2. The van der Waals surface area contributed by atoms with Crippen molar-refractivity contribution in [1.82, 2.24) is 9.88 Å². The van der Waals surface area contributed by atoms with E-state index in [-0.39, 0.29) is 11.8 Å². The molecule has 0 N–H and O–H groups in total. The Bertz CT molecular complexity index is 485. The zero-order valence-electron chi connectivity index (χ0n) is 12.1. The first-order valence-electron chi connectivity index (χ1n) is 6.76. The fourth-order valence-corrected chi connectivity index (χ4v) is 2.55. The van der Waals surface area contributed by atoms with Crippen molar-refractivity contribution in [2.75, 3.05) is 38.2 Å². The SMILES string of the molecule is COc1c(Cl)ccnc1N1CCN(C(=O)C(C)C)CC1. The van der Waals surface area contributed by atoms with Crippen molar-refractivity contribution in [2.24, 2.45) is 5.92 Å². The van der Waals surface area contributed by atoms with Crippen LogP contribution in [0, 0.1) is 5.92 Å².